The molecule has 0 unspecified atom stereocenters. The Morgan fingerprint density at radius 3 is 2.40 bits per heavy atom. The van der Waals surface area contributed by atoms with Crippen molar-refractivity contribution in [1.29, 1.82) is 0 Å². The number of urea groups is 2. The molecule has 0 aromatic heterocycles. The van der Waals surface area contributed by atoms with Crippen molar-refractivity contribution in [2.24, 2.45) is 11.8 Å². The Morgan fingerprint density at radius 2 is 1.71 bits per heavy atom. The van der Waals surface area contributed by atoms with Gasteiger partial charge < -0.3 is 10.6 Å². The van der Waals surface area contributed by atoms with Gasteiger partial charge in [0.2, 0.25) is 0 Å². The second-order valence-electron chi connectivity index (χ2n) is 9.95. The van der Waals surface area contributed by atoms with Gasteiger partial charge in [-0.1, -0.05) is 25.1 Å². The largest absolute Gasteiger partial charge is 0.338 e. The van der Waals surface area contributed by atoms with Gasteiger partial charge in [0.15, 0.2) is 0 Å². The summed E-state index contributed by atoms with van der Waals surface area (Å²) in [7, 11) is -3.89. The van der Waals surface area contributed by atoms with Crippen LogP contribution in [0.2, 0.25) is 0 Å². The normalized spacial score (nSPS) is 23.6. The molecular weight excluding hydrogens is 470 g/mol. The van der Waals surface area contributed by atoms with E-state index in [1.54, 1.807) is 12.1 Å². The number of imide groups is 1. The Bertz CT molecular complexity index is 1050. The maximum Gasteiger partial charge on any atom is 0.329 e. The van der Waals surface area contributed by atoms with E-state index in [-0.39, 0.29) is 24.4 Å². The van der Waals surface area contributed by atoms with E-state index in [0.717, 1.165) is 31.2 Å². The summed E-state index contributed by atoms with van der Waals surface area (Å²) < 4.78 is 28.7. The average Bonchev–Trinajstić information content (AvgIpc) is 3.17. The van der Waals surface area contributed by atoms with Gasteiger partial charge in [-0.3, -0.25) is 9.69 Å². The standard InChI is InChI=1S/C24H35N5O5S/c1-17-6-8-20(9-7-17)26-23(31)27-35(33,34)28-14-11-18(12-15-28)10-13-25-24(32)29-16-19-4-2-3-5-21(19)22(29)30/h2-5,17-18,20H,6-16H2,1H3,(H,25,32)(H2,26,27,31). The van der Waals surface area contributed by atoms with Crippen molar-refractivity contribution in [1.82, 2.24) is 24.6 Å². The Labute approximate surface area is 207 Å². The second-order valence-corrected chi connectivity index (χ2v) is 11.6. The summed E-state index contributed by atoms with van der Waals surface area (Å²) in [6.07, 6.45) is 5.80. The van der Waals surface area contributed by atoms with E-state index in [1.807, 2.05) is 12.1 Å². The van der Waals surface area contributed by atoms with Crippen LogP contribution in [0.3, 0.4) is 0 Å². The van der Waals surface area contributed by atoms with Crippen molar-refractivity contribution in [3.8, 4) is 0 Å². The lowest BCUT2D eigenvalue weighted by Crippen LogP contribution is -2.51. The van der Waals surface area contributed by atoms with E-state index in [0.29, 0.717) is 50.4 Å². The molecule has 3 aliphatic rings. The number of carbonyl (C=O) groups excluding carboxylic acids is 3. The fourth-order valence-corrected chi connectivity index (χ4v) is 6.25. The quantitative estimate of drug-likeness (QED) is 0.548. The van der Waals surface area contributed by atoms with Crippen LogP contribution in [0.15, 0.2) is 24.3 Å². The summed E-state index contributed by atoms with van der Waals surface area (Å²) in [6, 6.07) is 6.15. The van der Waals surface area contributed by atoms with Crippen LogP contribution in [-0.2, 0) is 16.8 Å². The van der Waals surface area contributed by atoms with E-state index < -0.39 is 22.3 Å². The molecule has 10 nitrogen and oxygen atoms in total. The smallest absolute Gasteiger partial charge is 0.329 e. The van der Waals surface area contributed by atoms with Crippen molar-refractivity contribution in [3.05, 3.63) is 35.4 Å². The predicted molar refractivity (Wildman–Crippen MR) is 131 cm³/mol. The zero-order valence-electron chi connectivity index (χ0n) is 20.2. The molecule has 1 aromatic rings. The molecular formula is C24H35N5O5S. The molecule has 1 saturated heterocycles. The van der Waals surface area contributed by atoms with Crippen molar-refractivity contribution >= 4 is 28.2 Å². The fraction of sp³-hybridized carbons (Fsp3) is 0.625. The summed E-state index contributed by atoms with van der Waals surface area (Å²) in [5.74, 6) is 0.617. The molecule has 2 aliphatic heterocycles. The lowest BCUT2D eigenvalue weighted by Gasteiger charge is -2.31. The van der Waals surface area contributed by atoms with Gasteiger partial charge in [-0.15, -0.1) is 0 Å². The van der Waals surface area contributed by atoms with E-state index in [9.17, 15) is 22.8 Å². The number of nitrogens with one attached hydrogen (secondary N) is 3. The summed E-state index contributed by atoms with van der Waals surface area (Å²) in [5.41, 5.74) is 1.41. The predicted octanol–water partition coefficient (Wildman–Crippen LogP) is 2.58. The second kappa shape index (κ2) is 10.9. The summed E-state index contributed by atoms with van der Waals surface area (Å²) >= 11 is 0. The number of fused-ring (bicyclic) bond motifs is 1. The zero-order valence-corrected chi connectivity index (χ0v) is 21.0. The fourth-order valence-electron chi connectivity index (χ4n) is 5.14. The molecule has 35 heavy (non-hydrogen) atoms. The zero-order chi connectivity index (χ0) is 25.0. The highest BCUT2D eigenvalue weighted by Gasteiger charge is 2.32. The maximum atomic E-state index is 12.6. The van der Waals surface area contributed by atoms with E-state index in [4.69, 9.17) is 0 Å². The highest BCUT2D eigenvalue weighted by molar-refractivity contribution is 7.87. The number of rotatable bonds is 6. The van der Waals surface area contributed by atoms with E-state index >= 15 is 0 Å². The lowest BCUT2D eigenvalue weighted by atomic mass is 9.87. The summed E-state index contributed by atoms with van der Waals surface area (Å²) in [6.45, 7) is 3.52. The first-order chi connectivity index (χ1) is 16.7. The molecule has 0 bridgehead atoms. The molecule has 5 amide bonds. The molecule has 2 fully saturated rings. The average molecular weight is 506 g/mol. The minimum absolute atomic E-state index is 0.0207. The van der Waals surface area contributed by atoms with Gasteiger partial charge in [-0.05, 0) is 68.4 Å². The van der Waals surface area contributed by atoms with Crippen molar-refractivity contribution in [2.45, 2.75) is 64.5 Å². The van der Waals surface area contributed by atoms with Crippen LogP contribution in [0.25, 0.3) is 0 Å². The number of piperidine rings is 1. The molecule has 1 saturated carbocycles. The molecule has 0 spiro atoms. The molecule has 0 atom stereocenters. The first-order valence-corrected chi connectivity index (χ1v) is 13.9. The molecule has 11 heteroatoms. The van der Waals surface area contributed by atoms with Gasteiger partial charge in [-0.25, -0.2) is 14.3 Å². The third kappa shape index (κ3) is 6.32. The topological polar surface area (TPSA) is 128 Å². The van der Waals surface area contributed by atoms with Crippen LogP contribution in [0.5, 0.6) is 0 Å². The number of nitrogens with zero attached hydrogens (tertiary/aromatic N) is 2. The summed E-state index contributed by atoms with van der Waals surface area (Å²) in [4.78, 5) is 38.3. The van der Waals surface area contributed by atoms with E-state index in [2.05, 4.69) is 22.3 Å². The minimum Gasteiger partial charge on any atom is -0.338 e. The third-order valence-electron chi connectivity index (χ3n) is 7.38. The highest BCUT2D eigenvalue weighted by atomic mass is 32.2. The number of carbonyl (C=O) groups is 3. The Balaban J connectivity index is 1.15. The number of benzene rings is 1. The molecule has 1 aromatic carbocycles. The molecule has 0 radical (unpaired) electrons. The van der Waals surface area contributed by atoms with Crippen molar-refractivity contribution < 1.29 is 22.8 Å². The van der Waals surface area contributed by atoms with Gasteiger partial charge in [0, 0.05) is 31.2 Å². The molecule has 4 rings (SSSR count). The Morgan fingerprint density at radius 1 is 1.03 bits per heavy atom. The van der Waals surface area contributed by atoms with Crippen LogP contribution in [-0.4, -0.2) is 61.3 Å². The minimum atomic E-state index is -3.89. The first-order valence-electron chi connectivity index (χ1n) is 12.5. The maximum absolute atomic E-state index is 12.6. The van der Waals surface area contributed by atoms with Crippen LogP contribution in [0.1, 0.15) is 67.8 Å². The third-order valence-corrected chi connectivity index (χ3v) is 8.87. The van der Waals surface area contributed by atoms with Crippen LogP contribution >= 0.6 is 0 Å². The SMILES string of the molecule is CC1CCC(NC(=O)NS(=O)(=O)N2CCC(CCNC(=O)N3Cc4ccccc4C3=O)CC2)CC1. The number of hydrogen-bond donors (Lipinski definition) is 3. The first kappa shape index (κ1) is 25.4. The molecule has 3 N–H and O–H groups in total. The van der Waals surface area contributed by atoms with Gasteiger partial charge in [0.05, 0.1) is 6.54 Å². The van der Waals surface area contributed by atoms with Crippen LogP contribution in [0, 0.1) is 11.8 Å². The van der Waals surface area contributed by atoms with E-state index in [1.165, 1.54) is 9.21 Å². The van der Waals surface area contributed by atoms with Crippen LogP contribution < -0.4 is 15.4 Å². The van der Waals surface area contributed by atoms with Crippen LogP contribution in [0.4, 0.5) is 9.59 Å². The van der Waals surface area contributed by atoms with Crippen molar-refractivity contribution in [3.63, 3.8) is 0 Å². The number of amides is 5. The monoisotopic (exact) mass is 505 g/mol. The number of hydrogen-bond acceptors (Lipinski definition) is 5. The lowest BCUT2D eigenvalue weighted by molar-refractivity contribution is 0.0820. The Kier molecular flexibility index (Phi) is 7.95. The van der Waals surface area contributed by atoms with Crippen molar-refractivity contribution in [2.75, 3.05) is 19.6 Å². The highest BCUT2D eigenvalue weighted by Crippen LogP contribution is 2.25. The van der Waals surface area contributed by atoms with Gasteiger partial charge >= 0.3 is 22.3 Å². The summed E-state index contributed by atoms with van der Waals surface area (Å²) in [5, 5.41) is 5.61. The van der Waals surface area contributed by atoms with Gasteiger partial charge in [-0.2, -0.15) is 12.7 Å². The molecule has 1 aliphatic carbocycles. The van der Waals surface area contributed by atoms with Gasteiger partial charge in [0.25, 0.3) is 5.91 Å². The molecule has 192 valence electrons. The molecule has 2 heterocycles. The Hall–Kier alpha value is -2.66. The van der Waals surface area contributed by atoms with Gasteiger partial charge in [0.1, 0.15) is 0 Å².